The van der Waals surface area contributed by atoms with E-state index in [-0.39, 0.29) is 5.91 Å². The van der Waals surface area contributed by atoms with E-state index < -0.39 is 0 Å². The van der Waals surface area contributed by atoms with Crippen molar-refractivity contribution in [3.63, 3.8) is 0 Å². The van der Waals surface area contributed by atoms with Gasteiger partial charge in [0.2, 0.25) is 5.91 Å². The quantitative estimate of drug-likeness (QED) is 0.906. The molecule has 0 radical (unpaired) electrons. The fourth-order valence-electron chi connectivity index (χ4n) is 2.80. The molecule has 1 atom stereocenters. The van der Waals surface area contributed by atoms with E-state index in [1.54, 1.807) is 17.1 Å². The van der Waals surface area contributed by atoms with Gasteiger partial charge in [0.15, 0.2) is 0 Å². The van der Waals surface area contributed by atoms with Crippen molar-refractivity contribution in [3.8, 4) is 0 Å². The molecule has 6 nitrogen and oxygen atoms in total. The Hall–Kier alpha value is -2.11. The first-order valence-corrected chi connectivity index (χ1v) is 7.05. The second kappa shape index (κ2) is 5.90. The van der Waals surface area contributed by atoms with Gasteiger partial charge in [-0.15, -0.1) is 0 Å². The summed E-state index contributed by atoms with van der Waals surface area (Å²) in [6.07, 6.45) is 8.51. The number of amides is 1. The predicted molar refractivity (Wildman–Crippen MR) is 73.8 cm³/mol. The normalized spacial score (nSPS) is 19.2. The summed E-state index contributed by atoms with van der Waals surface area (Å²) in [5.41, 5.74) is 1.15. The van der Waals surface area contributed by atoms with Crippen LogP contribution in [-0.2, 0) is 17.8 Å². The van der Waals surface area contributed by atoms with Crippen molar-refractivity contribution >= 4 is 5.91 Å². The van der Waals surface area contributed by atoms with Crippen molar-refractivity contribution in [2.75, 3.05) is 13.1 Å². The second-order valence-corrected chi connectivity index (χ2v) is 5.34. The maximum Gasteiger partial charge on any atom is 0.244 e. The zero-order valence-corrected chi connectivity index (χ0v) is 11.4. The lowest BCUT2D eigenvalue weighted by atomic mass is 9.93. The number of aromatic amines is 1. The van der Waals surface area contributed by atoms with E-state index >= 15 is 0 Å². The van der Waals surface area contributed by atoms with E-state index in [0.717, 1.165) is 31.6 Å². The van der Waals surface area contributed by atoms with E-state index in [0.29, 0.717) is 12.5 Å². The molecule has 2 aromatic heterocycles. The number of carbonyl (C=O) groups excluding carboxylic acids is 1. The summed E-state index contributed by atoms with van der Waals surface area (Å²) < 4.78 is 1.68. The first-order valence-electron chi connectivity index (χ1n) is 7.05. The van der Waals surface area contributed by atoms with Crippen molar-refractivity contribution in [1.82, 2.24) is 24.9 Å². The van der Waals surface area contributed by atoms with E-state index in [1.807, 2.05) is 23.2 Å². The van der Waals surface area contributed by atoms with Gasteiger partial charge in [0.25, 0.3) is 0 Å². The molecule has 1 aliphatic heterocycles. The Balaban J connectivity index is 1.56. The molecule has 3 rings (SSSR count). The minimum atomic E-state index is 0.156. The molecule has 1 saturated heterocycles. The van der Waals surface area contributed by atoms with Gasteiger partial charge >= 0.3 is 0 Å². The van der Waals surface area contributed by atoms with Crippen LogP contribution >= 0.6 is 0 Å². The van der Waals surface area contributed by atoms with Gasteiger partial charge < -0.3 is 4.90 Å². The lowest BCUT2D eigenvalue weighted by Crippen LogP contribution is -2.42. The van der Waals surface area contributed by atoms with Gasteiger partial charge in [0, 0.05) is 37.4 Å². The van der Waals surface area contributed by atoms with Gasteiger partial charge in [-0.05, 0) is 37.3 Å². The summed E-state index contributed by atoms with van der Waals surface area (Å²) in [4.78, 5) is 14.2. The smallest absolute Gasteiger partial charge is 0.244 e. The highest BCUT2D eigenvalue weighted by Gasteiger charge is 2.24. The van der Waals surface area contributed by atoms with Crippen LogP contribution in [0.4, 0.5) is 0 Å². The van der Waals surface area contributed by atoms with E-state index in [9.17, 15) is 4.79 Å². The van der Waals surface area contributed by atoms with Crippen LogP contribution in [0.5, 0.6) is 0 Å². The van der Waals surface area contributed by atoms with Crippen LogP contribution in [0.2, 0.25) is 0 Å². The predicted octanol–water partition coefficient (Wildman–Crippen LogP) is 1.09. The Morgan fingerprint density at radius 2 is 2.40 bits per heavy atom. The summed E-state index contributed by atoms with van der Waals surface area (Å²) in [7, 11) is 0. The van der Waals surface area contributed by atoms with Crippen molar-refractivity contribution in [3.05, 3.63) is 36.4 Å². The number of nitrogens with zero attached hydrogens (tertiary/aromatic N) is 4. The number of hydrogen-bond acceptors (Lipinski definition) is 3. The Bertz CT molecular complexity index is 534. The van der Waals surface area contributed by atoms with Crippen molar-refractivity contribution in [2.45, 2.75) is 25.8 Å². The molecule has 20 heavy (non-hydrogen) atoms. The number of H-pyrrole nitrogens is 1. The van der Waals surface area contributed by atoms with Gasteiger partial charge in [-0.3, -0.25) is 14.6 Å². The Morgan fingerprint density at radius 3 is 3.15 bits per heavy atom. The van der Waals surface area contributed by atoms with Crippen LogP contribution in [0.25, 0.3) is 0 Å². The van der Waals surface area contributed by atoms with Crippen LogP contribution in [0.1, 0.15) is 18.5 Å². The summed E-state index contributed by atoms with van der Waals surface area (Å²) >= 11 is 0. The highest BCUT2D eigenvalue weighted by Crippen LogP contribution is 2.20. The monoisotopic (exact) mass is 273 g/mol. The molecular formula is C14H19N5O. The van der Waals surface area contributed by atoms with Crippen molar-refractivity contribution in [1.29, 1.82) is 0 Å². The lowest BCUT2D eigenvalue weighted by Gasteiger charge is -2.32. The minimum absolute atomic E-state index is 0.156. The molecule has 0 bridgehead atoms. The number of piperidine rings is 1. The third kappa shape index (κ3) is 3.07. The highest BCUT2D eigenvalue weighted by atomic mass is 16.2. The summed E-state index contributed by atoms with van der Waals surface area (Å²) in [6.45, 7) is 2.03. The Kier molecular flexibility index (Phi) is 3.80. The summed E-state index contributed by atoms with van der Waals surface area (Å²) in [5.74, 6) is 0.675. The zero-order chi connectivity index (χ0) is 13.8. The van der Waals surface area contributed by atoms with E-state index in [4.69, 9.17) is 0 Å². The third-order valence-electron chi connectivity index (χ3n) is 3.80. The number of nitrogens with one attached hydrogen (secondary N) is 1. The van der Waals surface area contributed by atoms with Crippen LogP contribution < -0.4 is 0 Å². The lowest BCUT2D eigenvalue weighted by molar-refractivity contribution is -0.133. The largest absolute Gasteiger partial charge is 0.341 e. The number of rotatable bonds is 4. The molecular weight excluding hydrogens is 254 g/mol. The maximum absolute atomic E-state index is 12.3. The molecule has 0 aliphatic carbocycles. The molecule has 3 heterocycles. The van der Waals surface area contributed by atoms with Crippen LogP contribution in [0.15, 0.2) is 30.7 Å². The maximum atomic E-state index is 12.3. The molecule has 0 spiro atoms. The molecule has 0 unspecified atom stereocenters. The fraction of sp³-hybridized carbons (Fsp3) is 0.500. The third-order valence-corrected chi connectivity index (χ3v) is 3.80. The molecule has 0 saturated carbocycles. The van der Waals surface area contributed by atoms with Gasteiger partial charge in [-0.1, -0.05) is 0 Å². The standard InChI is InChI=1S/C14H19N5O/c20-14(11-19-8-2-5-16-19)18-7-1-3-12(10-18)9-13-4-6-15-17-13/h2,4-6,8,12H,1,3,7,9-11H2,(H,15,17)/t12-/m0/s1. The van der Waals surface area contributed by atoms with Gasteiger partial charge in [-0.2, -0.15) is 10.2 Å². The van der Waals surface area contributed by atoms with Crippen LogP contribution in [0, 0.1) is 5.92 Å². The number of likely N-dealkylation sites (tertiary alicyclic amines) is 1. The number of carbonyl (C=O) groups is 1. The SMILES string of the molecule is O=C(Cn1cccn1)N1CCC[C@@H](Cc2ccn[nH]2)C1. The first-order chi connectivity index (χ1) is 9.81. The highest BCUT2D eigenvalue weighted by molar-refractivity contribution is 5.76. The molecule has 0 aromatic carbocycles. The molecule has 1 fully saturated rings. The molecule has 106 valence electrons. The molecule has 2 aromatic rings. The van der Waals surface area contributed by atoms with Crippen molar-refractivity contribution in [2.24, 2.45) is 5.92 Å². The average Bonchev–Trinajstić information content (AvgIpc) is 3.12. The summed E-state index contributed by atoms with van der Waals surface area (Å²) in [6, 6.07) is 3.84. The van der Waals surface area contributed by atoms with Gasteiger partial charge in [0.1, 0.15) is 6.54 Å². The second-order valence-electron chi connectivity index (χ2n) is 5.34. The Labute approximate surface area is 117 Å². The van der Waals surface area contributed by atoms with E-state index in [1.165, 1.54) is 6.42 Å². The van der Waals surface area contributed by atoms with Gasteiger partial charge in [-0.25, -0.2) is 0 Å². The summed E-state index contributed by atoms with van der Waals surface area (Å²) in [5, 5.41) is 11.1. The molecule has 1 amide bonds. The van der Waals surface area contributed by atoms with Crippen molar-refractivity contribution < 1.29 is 4.79 Å². The number of hydrogen-bond donors (Lipinski definition) is 1. The van der Waals surface area contributed by atoms with Crippen LogP contribution in [-0.4, -0.2) is 43.9 Å². The first kappa shape index (κ1) is 12.9. The number of aromatic nitrogens is 4. The minimum Gasteiger partial charge on any atom is -0.341 e. The van der Waals surface area contributed by atoms with Gasteiger partial charge in [0.05, 0.1) is 0 Å². The zero-order valence-electron chi connectivity index (χ0n) is 11.4. The topological polar surface area (TPSA) is 66.8 Å². The molecule has 1 aliphatic rings. The average molecular weight is 273 g/mol. The molecule has 1 N–H and O–H groups in total. The van der Waals surface area contributed by atoms with E-state index in [2.05, 4.69) is 15.3 Å². The molecule has 6 heteroatoms. The van der Waals surface area contributed by atoms with Crippen LogP contribution in [0.3, 0.4) is 0 Å². The fourth-order valence-corrected chi connectivity index (χ4v) is 2.80. The Morgan fingerprint density at radius 1 is 1.45 bits per heavy atom.